The Morgan fingerprint density at radius 2 is 1.90 bits per heavy atom. The van der Waals surface area contributed by atoms with Crippen molar-refractivity contribution in [3.8, 4) is 0 Å². The number of nitrogens with zero attached hydrogens (tertiary/aromatic N) is 2. The monoisotopic (exact) mass is 296 g/mol. The van der Waals surface area contributed by atoms with Crippen molar-refractivity contribution in [1.82, 2.24) is 4.90 Å². The second-order valence-corrected chi connectivity index (χ2v) is 4.96. The van der Waals surface area contributed by atoms with Crippen LogP contribution in [0.1, 0.15) is 23.7 Å². The van der Waals surface area contributed by atoms with E-state index in [1.54, 1.807) is 19.0 Å². The average molecular weight is 296 g/mol. The minimum absolute atomic E-state index is 0.0138. The molecular formula is C14H21FN4O2. The number of halogens is 1. The van der Waals surface area contributed by atoms with Gasteiger partial charge < -0.3 is 21.3 Å². The van der Waals surface area contributed by atoms with E-state index < -0.39 is 11.7 Å². The number of nitrogen functional groups attached to an aromatic ring is 1. The van der Waals surface area contributed by atoms with Crippen LogP contribution in [0.4, 0.5) is 15.8 Å². The molecule has 0 aliphatic rings. The summed E-state index contributed by atoms with van der Waals surface area (Å²) in [6.45, 7) is 2.40. The van der Waals surface area contributed by atoms with Gasteiger partial charge in [-0.15, -0.1) is 0 Å². The number of anilines is 2. The molecule has 116 valence electrons. The molecule has 0 aliphatic carbocycles. The van der Waals surface area contributed by atoms with Crippen molar-refractivity contribution in [3.63, 3.8) is 0 Å². The average Bonchev–Trinajstić information content (AvgIpc) is 2.37. The minimum atomic E-state index is -0.732. The number of carbonyl (C=O) groups is 2. The third kappa shape index (κ3) is 4.08. The molecule has 0 bridgehead atoms. The number of rotatable bonds is 6. The lowest BCUT2D eigenvalue weighted by molar-refractivity contribution is -0.127. The first-order chi connectivity index (χ1) is 9.77. The van der Waals surface area contributed by atoms with E-state index in [-0.39, 0.29) is 29.4 Å². The van der Waals surface area contributed by atoms with Crippen LogP contribution in [0.15, 0.2) is 12.1 Å². The molecule has 0 aliphatic heterocycles. The maximum atomic E-state index is 14.1. The van der Waals surface area contributed by atoms with Crippen LogP contribution in [0.3, 0.4) is 0 Å². The lowest BCUT2D eigenvalue weighted by atomic mass is 10.1. The molecule has 1 rings (SSSR count). The maximum Gasteiger partial charge on any atom is 0.250 e. The fraction of sp³-hybridized carbons (Fsp3) is 0.429. The molecule has 7 heteroatoms. The SMILES string of the molecule is CCCN(CC(=O)N(C)C)c1cc(C(N)=O)c(N)cc1F. The number of amides is 2. The molecule has 1 aromatic carbocycles. The zero-order chi connectivity index (χ0) is 16.2. The Kier molecular flexibility index (Phi) is 5.52. The van der Waals surface area contributed by atoms with Gasteiger partial charge in [0.1, 0.15) is 5.82 Å². The number of benzene rings is 1. The summed E-state index contributed by atoms with van der Waals surface area (Å²) in [5.41, 5.74) is 11.0. The Hall–Kier alpha value is -2.31. The number of nitrogens with two attached hydrogens (primary N) is 2. The van der Waals surface area contributed by atoms with Crippen molar-refractivity contribution in [3.05, 3.63) is 23.5 Å². The van der Waals surface area contributed by atoms with Gasteiger partial charge in [-0.25, -0.2) is 4.39 Å². The van der Waals surface area contributed by atoms with Crippen LogP contribution in [-0.2, 0) is 4.79 Å². The standard InChI is InChI=1S/C14H21FN4O2/c1-4-5-19(8-13(20)18(2)3)12-6-9(14(17)21)11(16)7-10(12)15/h6-7H,4-5,8,16H2,1-3H3,(H2,17,21). The third-order valence-electron chi connectivity index (χ3n) is 3.04. The van der Waals surface area contributed by atoms with Crippen LogP contribution >= 0.6 is 0 Å². The van der Waals surface area contributed by atoms with Gasteiger partial charge in [-0.3, -0.25) is 9.59 Å². The van der Waals surface area contributed by atoms with Gasteiger partial charge in [-0.2, -0.15) is 0 Å². The van der Waals surface area contributed by atoms with Crippen LogP contribution in [0.2, 0.25) is 0 Å². The normalized spacial score (nSPS) is 10.3. The molecule has 0 aromatic heterocycles. The number of carbonyl (C=O) groups excluding carboxylic acids is 2. The van der Waals surface area contributed by atoms with Crippen molar-refractivity contribution < 1.29 is 14.0 Å². The largest absolute Gasteiger partial charge is 0.398 e. The Morgan fingerprint density at radius 1 is 1.29 bits per heavy atom. The van der Waals surface area contributed by atoms with E-state index in [0.717, 1.165) is 12.5 Å². The first kappa shape index (κ1) is 16.7. The number of hydrogen-bond donors (Lipinski definition) is 2. The van der Waals surface area contributed by atoms with Crippen LogP contribution in [-0.4, -0.2) is 43.9 Å². The van der Waals surface area contributed by atoms with E-state index in [1.165, 1.54) is 11.0 Å². The highest BCUT2D eigenvalue weighted by Gasteiger charge is 2.19. The summed E-state index contributed by atoms with van der Waals surface area (Å²) in [5, 5.41) is 0. The Balaban J connectivity index is 3.21. The molecule has 0 unspecified atom stereocenters. The molecule has 2 amide bonds. The van der Waals surface area contributed by atoms with Gasteiger partial charge in [0.25, 0.3) is 5.91 Å². The molecular weight excluding hydrogens is 275 g/mol. The molecule has 21 heavy (non-hydrogen) atoms. The van der Waals surface area contributed by atoms with E-state index in [2.05, 4.69) is 0 Å². The van der Waals surface area contributed by atoms with Crippen molar-refractivity contribution in [2.45, 2.75) is 13.3 Å². The summed E-state index contributed by atoms with van der Waals surface area (Å²) in [7, 11) is 3.25. The van der Waals surface area contributed by atoms with Crippen LogP contribution in [0, 0.1) is 5.82 Å². The summed E-state index contributed by atoms with van der Waals surface area (Å²) in [5.74, 6) is -1.48. The zero-order valence-corrected chi connectivity index (χ0v) is 12.5. The number of primary amides is 1. The lowest BCUT2D eigenvalue weighted by Gasteiger charge is -2.26. The predicted octanol–water partition coefficient (Wildman–Crippen LogP) is 0.811. The van der Waals surface area contributed by atoms with Gasteiger partial charge in [0, 0.05) is 26.3 Å². The molecule has 0 heterocycles. The molecule has 0 saturated heterocycles. The molecule has 0 spiro atoms. The quantitative estimate of drug-likeness (QED) is 0.760. The summed E-state index contributed by atoms with van der Waals surface area (Å²) in [6.07, 6.45) is 0.719. The fourth-order valence-corrected chi connectivity index (χ4v) is 1.89. The highest BCUT2D eigenvalue weighted by Crippen LogP contribution is 2.25. The highest BCUT2D eigenvalue weighted by molar-refractivity contribution is 5.99. The second-order valence-electron chi connectivity index (χ2n) is 4.96. The zero-order valence-electron chi connectivity index (χ0n) is 12.5. The van der Waals surface area contributed by atoms with E-state index in [4.69, 9.17) is 11.5 Å². The highest BCUT2D eigenvalue weighted by atomic mass is 19.1. The first-order valence-electron chi connectivity index (χ1n) is 6.61. The molecule has 6 nitrogen and oxygen atoms in total. The molecule has 0 saturated carbocycles. The molecule has 4 N–H and O–H groups in total. The van der Waals surface area contributed by atoms with Crippen molar-refractivity contribution in [2.75, 3.05) is 37.8 Å². The van der Waals surface area contributed by atoms with Gasteiger partial charge in [0.15, 0.2) is 0 Å². The Morgan fingerprint density at radius 3 is 2.38 bits per heavy atom. The molecule has 0 fully saturated rings. The van der Waals surface area contributed by atoms with Gasteiger partial charge >= 0.3 is 0 Å². The summed E-state index contributed by atoms with van der Waals surface area (Å²) in [6, 6.07) is 2.35. The topological polar surface area (TPSA) is 92.7 Å². The van der Waals surface area contributed by atoms with Crippen molar-refractivity contribution in [2.24, 2.45) is 5.73 Å². The van der Waals surface area contributed by atoms with Gasteiger partial charge in [-0.1, -0.05) is 6.92 Å². The smallest absolute Gasteiger partial charge is 0.250 e. The van der Waals surface area contributed by atoms with E-state index >= 15 is 0 Å². The molecule has 0 atom stereocenters. The first-order valence-corrected chi connectivity index (χ1v) is 6.61. The second kappa shape index (κ2) is 6.92. The van der Waals surface area contributed by atoms with Gasteiger partial charge in [0.05, 0.1) is 17.8 Å². The maximum absolute atomic E-state index is 14.1. The van der Waals surface area contributed by atoms with Crippen LogP contribution in [0.5, 0.6) is 0 Å². The fourth-order valence-electron chi connectivity index (χ4n) is 1.89. The van der Waals surface area contributed by atoms with E-state index in [1.807, 2.05) is 6.92 Å². The summed E-state index contributed by atoms with van der Waals surface area (Å²) >= 11 is 0. The van der Waals surface area contributed by atoms with E-state index in [0.29, 0.717) is 6.54 Å². The molecule has 1 aromatic rings. The van der Waals surface area contributed by atoms with E-state index in [9.17, 15) is 14.0 Å². The number of likely N-dealkylation sites (N-methyl/N-ethyl adjacent to an activating group) is 1. The van der Waals surface area contributed by atoms with Gasteiger partial charge in [-0.05, 0) is 18.6 Å². The van der Waals surface area contributed by atoms with Crippen molar-refractivity contribution in [1.29, 1.82) is 0 Å². The molecule has 0 radical (unpaired) electrons. The van der Waals surface area contributed by atoms with Gasteiger partial charge in [0.2, 0.25) is 5.91 Å². The lowest BCUT2D eigenvalue weighted by Crippen LogP contribution is -2.37. The number of hydrogen-bond acceptors (Lipinski definition) is 4. The third-order valence-corrected chi connectivity index (χ3v) is 3.04. The Labute approximate surface area is 123 Å². The summed E-state index contributed by atoms with van der Waals surface area (Å²) < 4.78 is 14.1. The minimum Gasteiger partial charge on any atom is -0.398 e. The van der Waals surface area contributed by atoms with Crippen LogP contribution in [0.25, 0.3) is 0 Å². The predicted molar refractivity (Wildman–Crippen MR) is 80.5 cm³/mol. The van der Waals surface area contributed by atoms with Crippen molar-refractivity contribution >= 4 is 23.2 Å². The summed E-state index contributed by atoms with van der Waals surface area (Å²) in [4.78, 5) is 26.2. The van der Waals surface area contributed by atoms with Crippen LogP contribution < -0.4 is 16.4 Å². The Bertz CT molecular complexity index is 546.